The molecule has 3 aliphatic rings. The molecule has 70 heavy (non-hydrogen) atoms. The second kappa shape index (κ2) is 27.5. The van der Waals surface area contributed by atoms with Crippen molar-refractivity contribution in [3.05, 3.63) is 0 Å². The number of nitrogens with two attached hydrogens (primary N) is 1. The summed E-state index contributed by atoms with van der Waals surface area (Å²) < 4.78 is 0. The van der Waals surface area contributed by atoms with Crippen molar-refractivity contribution in [2.45, 2.75) is 186 Å². The molecule has 0 aliphatic carbocycles. The Morgan fingerprint density at radius 2 is 1.13 bits per heavy atom. The molecule has 24 nitrogen and oxygen atoms in total. The summed E-state index contributed by atoms with van der Waals surface area (Å²) in [4.78, 5) is 149. The molecule has 0 radical (unpaired) electrons. The van der Waals surface area contributed by atoms with E-state index in [1.165, 1.54) is 11.8 Å². The first-order valence-electron chi connectivity index (χ1n) is 24.4. The fraction of sp³-hybridized carbons (Fsp3) is 0.761. The highest BCUT2D eigenvalue weighted by Gasteiger charge is 2.43. The van der Waals surface area contributed by atoms with Crippen LogP contribution in [0.4, 0.5) is 0 Å². The number of rotatable bonds is 27. The van der Waals surface area contributed by atoms with Crippen LogP contribution in [-0.2, 0) is 52.7 Å². The molecule has 11 unspecified atom stereocenters. The molecule has 0 aromatic rings. The van der Waals surface area contributed by atoms with Crippen LogP contribution in [0.1, 0.15) is 126 Å². The largest absolute Gasteiger partial charge is 0.481 e. The van der Waals surface area contributed by atoms with Crippen LogP contribution in [0.25, 0.3) is 0 Å². The fourth-order valence-electron chi connectivity index (χ4n) is 8.91. The molecule has 24 heteroatoms. The zero-order valence-electron chi connectivity index (χ0n) is 41.4. The van der Waals surface area contributed by atoms with Gasteiger partial charge in [0.25, 0.3) is 0 Å². The van der Waals surface area contributed by atoms with E-state index in [-0.39, 0.29) is 68.9 Å². The van der Waals surface area contributed by atoms with Gasteiger partial charge < -0.3 is 68.1 Å². The van der Waals surface area contributed by atoms with Gasteiger partial charge in [0.05, 0.1) is 18.6 Å². The van der Waals surface area contributed by atoms with E-state index in [2.05, 4.69) is 37.2 Å². The summed E-state index contributed by atoms with van der Waals surface area (Å²) in [7, 11) is 0. The van der Waals surface area contributed by atoms with Gasteiger partial charge in [0.15, 0.2) is 6.04 Å². The molecule has 11 atom stereocenters. The number of hydrogen-bond acceptors (Lipinski definition) is 13. The third-order valence-electron chi connectivity index (χ3n) is 12.9. The van der Waals surface area contributed by atoms with Crippen molar-refractivity contribution in [3.63, 3.8) is 0 Å². The van der Waals surface area contributed by atoms with E-state index in [9.17, 15) is 68.1 Å². The minimum Gasteiger partial charge on any atom is -0.481 e. The highest BCUT2D eigenvalue weighted by atomic mass is 16.4. The average molecular weight is 993 g/mol. The van der Waals surface area contributed by atoms with Gasteiger partial charge in [-0.25, -0.2) is 4.79 Å². The maximum absolute atomic E-state index is 14.3. The number of carboxylic acids is 2. The molecule has 0 aromatic heterocycles. The molecule has 3 saturated heterocycles. The molecule has 3 fully saturated rings. The number of carbonyl (C=O) groups excluding carboxylic acids is 9. The Labute approximate surface area is 408 Å². The maximum Gasteiger partial charge on any atom is 0.328 e. The van der Waals surface area contributed by atoms with Crippen LogP contribution in [-0.4, -0.2) is 170 Å². The highest BCUT2D eigenvalue weighted by Crippen LogP contribution is 2.23. The third kappa shape index (κ3) is 17.2. The Morgan fingerprint density at radius 1 is 0.614 bits per heavy atom. The Kier molecular flexibility index (Phi) is 22.9. The molecule has 0 bridgehead atoms. The second-order valence-corrected chi connectivity index (χ2v) is 19.6. The van der Waals surface area contributed by atoms with Crippen molar-refractivity contribution in [1.29, 1.82) is 0 Å². The number of aliphatic hydroxyl groups is 1. The first kappa shape index (κ1) is 58.4. The summed E-state index contributed by atoms with van der Waals surface area (Å²) in [6.45, 7) is 12.8. The van der Waals surface area contributed by atoms with E-state index in [0.717, 1.165) is 11.3 Å². The van der Waals surface area contributed by atoms with Crippen molar-refractivity contribution in [2.24, 2.45) is 23.5 Å². The summed E-state index contributed by atoms with van der Waals surface area (Å²) >= 11 is 0. The van der Waals surface area contributed by atoms with E-state index in [1.54, 1.807) is 13.8 Å². The summed E-state index contributed by atoms with van der Waals surface area (Å²) in [6.07, 6.45) is -0.174. The smallest absolute Gasteiger partial charge is 0.328 e. The molecule has 9 amide bonds. The standard InChI is InChI=1S/C46H76N10O14/c1-8-25(6)36(53-38(61)27-12-9-17-48-27)43(66)52-30(21-24(4)5)44(67)55-18-10-13-32(55)41(64)49-28(15-16-34(47)58)39(62)51-31(22-35(59)60)45(68)56-19-11-14-33(56)42(65)50-29(20-23(2)3)40(63)54-37(26(7)57)46(69)70/h23-33,36-37,48,57H,8-22H2,1-7H3,(H2,47,58)(H,49,64)(H,50,65)(H,51,62)(H,52,66)(H,53,61)(H,54,63)(H,59,60)(H,69,70). The van der Waals surface area contributed by atoms with Crippen LogP contribution >= 0.6 is 0 Å². The predicted octanol–water partition coefficient (Wildman–Crippen LogP) is -2.03. The van der Waals surface area contributed by atoms with Crippen LogP contribution < -0.4 is 43.0 Å². The molecular formula is C46H76N10O14. The van der Waals surface area contributed by atoms with Crippen LogP contribution in [0.3, 0.4) is 0 Å². The van der Waals surface area contributed by atoms with Gasteiger partial charge in [-0.15, -0.1) is 0 Å². The monoisotopic (exact) mass is 993 g/mol. The van der Waals surface area contributed by atoms with Gasteiger partial charge >= 0.3 is 11.9 Å². The van der Waals surface area contributed by atoms with Crippen molar-refractivity contribution < 1.29 is 68.1 Å². The summed E-state index contributed by atoms with van der Waals surface area (Å²) in [5.41, 5.74) is 5.41. The lowest BCUT2D eigenvalue weighted by Crippen LogP contribution is -2.60. The van der Waals surface area contributed by atoms with E-state index < -0.39 is 139 Å². The molecular weight excluding hydrogens is 917 g/mol. The molecule has 0 saturated carbocycles. The number of likely N-dealkylation sites (tertiary alicyclic amines) is 2. The van der Waals surface area contributed by atoms with Crippen LogP contribution in [0, 0.1) is 17.8 Å². The minimum absolute atomic E-state index is 0.0423. The molecule has 3 aliphatic heterocycles. The average Bonchev–Trinajstić information content (AvgIpc) is 4.10. The molecule has 394 valence electrons. The highest BCUT2D eigenvalue weighted by molar-refractivity contribution is 5.99. The molecule has 12 N–H and O–H groups in total. The SMILES string of the molecule is CCC(C)C(NC(=O)C1CCCN1)C(=O)NC(CC(C)C)C(=O)N1CCCC1C(=O)NC(CCC(N)=O)C(=O)NC(CC(=O)O)C(=O)N1CCCC1C(=O)NC(CC(C)C)C(=O)NC(C(=O)O)C(C)O. The van der Waals surface area contributed by atoms with Crippen LogP contribution in [0.15, 0.2) is 0 Å². The quantitative estimate of drug-likeness (QED) is 0.0423. The van der Waals surface area contributed by atoms with Gasteiger partial charge in [-0.3, -0.25) is 47.9 Å². The minimum atomic E-state index is -1.80. The zero-order chi connectivity index (χ0) is 52.6. The number of nitrogens with one attached hydrogen (secondary N) is 7. The van der Waals surface area contributed by atoms with Crippen LogP contribution in [0.5, 0.6) is 0 Å². The Balaban J connectivity index is 1.82. The number of carboxylic acid groups (broad SMARTS) is 2. The molecule has 0 aromatic carbocycles. The van der Waals surface area contributed by atoms with E-state index in [1.807, 2.05) is 27.7 Å². The fourth-order valence-corrected chi connectivity index (χ4v) is 8.91. The number of primary amides is 1. The van der Waals surface area contributed by atoms with Crippen LogP contribution in [0.2, 0.25) is 0 Å². The normalized spacial score (nSPS) is 21.3. The van der Waals surface area contributed by atoms with E-state index in [4.69, 9.17) is 5.73 Å². The van der Waals surface area contributed by atoms with Gasteiger partial charge in [-0.2, -0.15) is 0 Å². The summed E-state index contributed by atoms with van der Waals surface area (Å²) in [5.74, 6) is -10.5. The number of amides is 9. The Bertz CT molecular complexity index is 1910. The number of nitrogens with zero attached hydrogens (tertiary/aromatic N) is 2. The van der Waals surface area contributed by atoms with Crippen molar-refractivity contribution >= 4 is 65.1 Å². The maximum atomic E-state index is 14.3. The van der Waals surface area contributed by atoms with E-state index >= 15 is 0 Å². The first-order chi connectivity index (χ1) is 32.9. The van der Waals surface area contributed by atoms with Gasteiger partial charge in [0, 0.05) is 19.5 Å². The zero-order valence-corrected chi connectivity index (χ0v) is 41.4. The van der Waals surface area contributed by atoms with Gasteiger partial charge in [-0.1, -0.05) is 48.0 Å². The van der Waals surface area contributed by atoms with E-state index in [0.29, 0.717) is 25.8 Å². The number of aliphatic hydroxyl groups excluding tert-OH is 1. The third-order valence-corrected chi connectivity index (χ3v) is 12.9. The Morgan fingerprint density at radius 3 is 1.60 bits per heavy atom. The topological polar surface area (TPSA) is 365 Å². The lowest BCUT2D eigenvalue weighted by molar-refractivity contribution is -0.147. The molecule has 3 rings (SSSR count). The van der Waals surface area contributed by atoms with Crippen molar-refractivity contribution in [3.8, 4) is 0 Å². The molecule has 0 spiro atoms. The van der Waals surface area contributed by atoms with Crippen molar-refractivity contribution in [2.75, 3.05) is 19.6 Å². The van der Waals surface area contributed by atoms with Crippen molar-refractivity contribution in [1.82, 2.24) is 47.0 Å². The predicted molar refractivity (Wildman–Crippen MR) is 250 cm³/mol. The number of aliphatic carboxylic acids is 2. The summed E-state index contributed by atoms with van der Waals surface area (Å²) in [5, 5.41) is 47.7. The Hall–Kier alpha value is -5.91. The van der Waals surface area contributed by atoms with Gasteiger partial charge in [-0.05, 0) is 89.0 Å². The number of hydrogen-bond donors (Lipinski definition) is 11. The lowest BCUT2D eigenvalue weighted by Gasteiger charge is -2.32. The second-order valence-electron chi connectivity index (χ2n) is 19.6. The van der Waals surface area contributed by atoms with Gasteiger partial charge in [0.1, 0.15) is 42.3 Å². The summed E-state index contributed by atoms with van der Waals surface area (Å²) in [6, 6.07) is -11.2. The van der Waals surface area contributed by atoms with Gasteiger partial charge in [0.2, 0.25) is 53.2 Å². The first-order valence-corrected chi connectivity index (χ1v) is 24.4. The molecule has 3 heterocycles. The number of carbonyl (C=O) groups is 11. The lowest BCUT2D eigenvalue weighted by atomic mass is 9.96.